The Hall–Kier alpha value is -2.64. The minimum Gasteiger partial charge on any atom is -0.395 e. The molecule has 0 radical (unpaired) electrons. The Morgan fingerprint density at radius 2 is 1.87 bits per heavy atom. The Bertz CT molecular complexity index is 1090. The fraction of sp³-hybridized carbons (Fsp3) is 0.333. The van der Waals surface area contributed by atoms with Crippen LogP contribution in [0.4, 0.5) is 11.4 Å². The van der Waals surface area contributed by atoms with Crippen LogP contribution in [-0.2, 0) is 9.63 Å². The molecule has 1 fully saturated rings. The Morgan fingerprint density at radius 3 is 2.71 bits per heavy atom. The summed E-state index contributed by atoms with van der Waals surface area (Å²) >= 11 is 3.52. The van der Waals surface area contributed by atoms with Gasteiger partial charge in [0.05, 0.1) is 11.3 Å². The molecule has 0 unspecified atom stereocenters. The second kappa shape index (κ2) is 8.48. The lowest BCUT2D eigenvalue weighted by Gasteiger charge is -2.28. The largest absolute Gasteiger partial charge is 0.395 e. The van der Waals surface area contributed by atoms with Crippen molar-refractivity contribution < 1.29 is 9.63 Å². The Labute approximate surface area is 190 Å². The molecule has 0 spiro atoms. The molecule has 0 bridgehead atoms. The molecule has 0 atom stereocenters. The van der Waals surface area contributed by atoms with Crippen LogP contribution < -0.4 is 10.6 Å². The van der Waals surface area contributed by atoms with Gasteiger partial charge in [-0.15, -0.1) is 0 Å². The lowest BCUT2D eigenvalue weighted by molar-refractivity contribution is -0.110. The van der Waals surface area contributed by atoms with E-state index in [0.29, 0.717) is 29.5 Å². The van der Waals surface area contributed by atoms with Gasteiger partial charge < -0.3 is 20.4 Å². The molecule has 3 heterocycles. The summed E-state index contributed by atoms with van der Waals surface area (Å²) in [6, 6.07) is 13.7. The minimum atomic E-state index is -0.137. The number of halogens is 1. The molecule has 7 heteroatoms. The topological polar surface area (TPSA) is 66.0 Å². The van der Waals surface area contributed by atoms with Crippen LogP contribution in [0.25, 0.3) is 5.57 Å². The number of nitrogens with zero attached hydrogens (tertiary/aromatic N) is 2. The Kier molecular flexibility index (Phi) is 5.54. The van der Waals surface area contributed by atoms with Crippen molar-refractivity contribution in [3.63, 3.8) is 0 Å². The van der Waals surface area contributed by atoms with E-state index in [1.54, 1.807) is 0 Å². The van der Waals surface area contributed by atoms with Gasteiger partial charge in [0, 0.05) is 27.0 Å². The maximum Gasteiger partial charge on any atom is 0.258 e. The second-order valence-electron chi connectivity index (χ2n) is 8.37. The average Bonchev–Trinajstić information content (AvgIpc) is 3.28. The molecule has 160 valence electrons. The summed E-state index contributed by atoms with van der Waals surface area (Å²) < 4.78 is 0.921. The van der Waals surface area contributed by atoms with Crippen LogP contribution in [0.15, 0.2) is 57.8 Å². The number of oxime groups is 1. The number of para-hydroxylation sites is 1. The van der Waals surface area contributed by atoms with Crippen LogP contribution in [0.2, 0.25) is 0 Å². The maximum absolute atomic E-state index is 12.9. The highest BCUT2D eigenvalue weighted by Gasteiger charge is 2.34. The van der Waals surface area contributed by atoms with Crippen LogP contribution in [-0.4, -0.2) is 43.3 Å². The van der Waals surface area contributed by atoms with Gasteiger partial charge in [0.25, 0.3) is 5.91 Å². The first-order valence-electron chi connectivity index (χ1n) is 10.7. The van der Waals surface area contributed by atoms with Crippen molar-refractivity contribution in [1.82, 2.24) is 4.90 Å². The van der Waals surface area contributed by atoms with Gasteiger partial charge in [-0.2, -0.15) is 0 Å². The normalized spacial score (nSPS) is 22.3. The lowest BCUT2D eigenvalue weighted by Crippen LogP contribution is -2.30. The summed E-state index contributed by atoms with van der Waals surface area (Å²) in [7, 11) is 2.17. The number of hydrogen-bond acceptors (Lipinski definition) is 5. The van der Waals surface area contributed by atoms with Crippen molar-refractivity contribution in [3.05, 3.63) is 63.8 Å². The van der Waals surface area contributed by atoms with Crippen molar-refractivity contribution in [2.75, 3.05) is 37.4 Å². The molecule has 2 N–H and O–H groups in total. The maximum atomic E-state index is 12.9. The molecule has 0 aromatic heterocycles. The number of benzene rings is 2. The molecule has 1 saturated heterocycles. The van der Waals surface area contributed by atoms with Crippen molar-refractivity contribution in [2.24, 2.45) is 11.1 Å². The van der Waals surface area contributed by atoms with Gasteiger partial charge in [0.1, 0.15) is 12.3 Å². The molecule has 0 aliphatic carbocycles. The van der Waals surface area contributed by atoms with Crippen LogP contribution in [0.3, 0.4) is 0 Å². The van der Waals surface area contributed by atoms with E-state index in [9.17, 15) is 4.79 Å². The van der Waals surface area contributed by atoms with Gasteiger partial charge in [0.2, 0.25) is 0 Å². The number of likely N-dealkylation sites (tertiary alicyclic amines) is 1. The van der Waals surface area contributed by atoms with Gasteiger partial charge in [0.15, 0.2) is 0 Å². The van der Waals surface area contributed by atoms with Gasteiger partial charge in [-0.25, -0.2) is 0 Å². The standard InChI is InChI=1S/C24H25BrN4O2/c1-29-11-8-15(9-12-29)10-13-31-28-22-17-4-2-3-5-19(17)26-23(22)21-18-14-16(25)6-7-20(18)27-24(21)30/h2-7,14-15,26H,8-13H2,1H3,(H,27,30)/b23-21-,28-22+. The number of hydrogen-bond donors (Lipinski definition) is 2. The third-order valence-corrected chi connectivity index (χ3v) is 6.76. The molecule has 6 nitrogen and oxygen atoms in total. The van der Waals surface area contributed by atoms with E-state index in [0.717, 1.165) is 46.5 Å². The van der Waals surface area contributed by atoms with Crippen molar-refractivity contribution in [3.8, 4) is 0 Å². The first kappa shape index (κ1) is 20.3. The summed E-state index contributed by atoms with van der Waals surface area (Å²) in [5.74, 6) is 0.551. The number of piperidine rings is 1. The van der Waals surface area contributed by atoms with E-state index in [1.165, 1.54) is 12.8 Å². The average molecular weight is 481 g/mol. The third-order valence-electron chi connectivity index (χ3n) is 6.27. The summed E-state index contributed by atoms with van der Waals surface area (Å²) in [6.45, 7) is 2.88. The fourth-order valence-corrected chi connectivity index (χ4v) is 4.83. The highest BCUT2D eigenvalue weighted by molar-refractivity contribution is 9.10. The zero-order chi connectivity index (χ0) is 21.4. The smallest absolute Gasteiger partial charge is 0.258 e. The molecule has 5 rings (SSSR count). The predicted octanol–water partition coefficient (Wildman–Crippen LogP) is 4.69. The van der Waals surface area contributed by atoms with Crippen molar-refractivity contribution in [1.29, 1.82) is 0 Å². The number of allylic oxidation sites excluding steroid dienone is 1. The number of anilines is 2. The molecule has 0 saturated carbocycles. The van der Waals surface area contributed by atoms with Crippen LogP contribution in [0.1, 0.15) is 30.4 Å². The fourth-order valence-electron chi connectivity index (χ4n) is 4.47. The Morgan fingerprint density at radius 1 is 1.10 bits per heavy atom. The Balaban J connectivity index is 1.43. The first-order valence-corrected chi connectivity index (χ1v) is 11.5. The zero-order valence-electron chi connectivity index (χ0n) is 17.5. The van der Waals surface area contributed by atoms with Crippen molar-refractivity contribution >= 4 is 44.5 Å². The van der Waals surface area contributed by atoms with E-state index in [1.807, 2.05) is 42.5 Å². The SMILES string of the molecule is CN1CCC(CCO/N=C2/C(=C3/C(=O)Nc4ccc(Br)cc43)Nc3ccccc32)CC1. The molecular weight excluding hydrogens is 456 g/mol. The molecule has 2 aromatic carbocycles. The summed E-state index contributed by atoms with van der Waals surface area (Å²) in [5.41, 5.74) is 5.49. The van der Waals surface area contributed by atoms with Crippen LogP contribution >= 0.6 is 15.9 Å². The molecule has 3 aliphatic rings. The van der Waals surface area contributed by atoms with Gasteiger partial charge >= 0.3 is 0 Å². The van der Waals surface area contributed by atoms with E-state index < -0.39 is 0 Å². The molecular formula is C24H25BrN4O2. The van der Waals surface area contributed by atoms with E-state index >= 15 is 0 Å². The number of rotatable bonds is 4. The van der Waals surface area contributed by atoms with Crippen LogP contribution in [0, 0.1) is 5.92 Å². The number of fused-ring (bicyclic) bond motifs is 2. The number of carbonyl (C=O) groups excluding carboxylic acids is 1. The number of amides is 1. The van der Waals surface area contributed by atoms with Gasteiger partial charge in [-0.1, -0.05) is 39.3 Å². The summed E-state index contributed by atoms with van der Waals surface area (Å²) in [5, 5.41) is 10.9. The second-order valence-corrected chi connectivity index (χ2v) is 9.29. The quantitative estimate of drug-likeness (QED) is 0.378. The zero-order valence-corrected chi connectivity index (χ0v) is 19.0. The highest BCUT2D eigenvalue weighted by atomic mass is 79.9. The highest BCUT2D eigenvalue weighted by Crippen LogP contribution is 2.40. The number of nitrogens with one attached hydrogen (secondary N) is 2. The first-order chi connectivity index (χ1) is 15.1. The lowest BCUT2D eigenvalue weighted by atomic mass is 9.94. The molecule has 31 heavy (non-hydrogen) atoms. The minimum absolute atomic E-state index is 0.137. The number of carbonyl (C=O) groups is 1. The van der Waals surface area contributed by atoms with E-state index in [2.05, 4.69) is 43.7 Å². The predicted molar refractivity (Wildman–Crippen MR) is 127 cm³/mol. The van der Waals surface area contributed by atoms with E-state index in [-0.39, 0.29) is 5.91 Å². The monoisotopic (exact) mass is 480 g/mol. The van der Waals surface area contributed by atoms with Crippen LogP contribution in [0.5, 0.6) is 0 Å². The molecule has 2 aromatic rings. The van der Waals surface area contributed by atoms with Crippen molar-refractivity contribution in [2.45, 2.75) is 19.3 Å². The van der Waals surface area contributed by atoms with Gasteiger partial charge in [-0.05, 0) is 69.6 Å². The van der Waals surface area contributed by atoms with Gasteiger partial charge in [-0.3, -0.25) is 4.79 Å². The molecule has 3 aliphatic heterocycles. The summed E-state index contributed by atoms with van der Waals surface area (Å²) in [4.78, 5) is 21.0. The third kappa shape index (κ3) is 4.00. The summed E-state index contributed by atoms with van der Waals surface area (Å²) in [6.07, 6.45) is 3.42. The molecule has 1 amide bonds. The van der Waals surface area contributed by atoms with E-state index in [4.69, 9.17) is 4.84 Å².